The molecule has 1 aromatic heterocycles. The van der Waals surface area contributed by atoms with E-state index < -0.39 is 0 Å². The Morgan fingerprint density at radius 1 is 1.29 bits per heavy atom. The zero-order chi connectivity index (χ0) is 12.5. The van der Waals surface area contributed by atoms with E-state index in [0.29, 0.717) is 0 Å². The molecule has 0 aliphatic rings. The van der Waals surface area contributed by atoms with Crippen molar-refractivity contribution in [1.29, 1.82) is 0 Å². The number of aromatic nitrogens is 2. The second-order valence-corrected chi connectivity index (χ2v) is 4.76. The van der Waals surface area contributed by atoms with Gasteiger partial charge in [0.15, 0.2) is 0 Å². The van der Waals surface area contributed by atoms with Crippen molar-refractivity contribution in [1.82, 2.24) is 15.1 Å². The largest absolute Gasteiger partial charge is 0.311 e. The molecule has 4 heteroatoms. The number of aryl methyl sites for hydroxylation is 2. The lowest BCUT2D eigenvalue weighted by atomic mass is 10.2. The van der Waals surface area contributed by atoms with E-state index in [1.54, 1.807) is 0 Å². The molecule has 0 fully saturated rings. The van der Waals surface area contributed by atoms with Crippen molar-refractivity contribution in [3.8, 4) is 0 Å². The van der Waals surface area contributed by atoms with Gasteiger partial charge in [-0.05, 0) is 31.9 Å². The maximum absolute atomic E-state index is 5.63. The van der Waals surface area contributed by atoms with E-state index in [9.17, 15) is 0 Å². The lowest BCUT2D eigenvalue weighted by Crippen LogP contribution is -2.16. The standard InChI is InChI=1S/C13H24ClN3/c1-3-12-10-13(17(2)16-12)11-15-9-7-5-4-6-8-14/h10,15H,3-9,11H2,1-2H3. The highest BCUT2D eigenvalue weighted by atomic mass is 35.5. The van der Waals surface area contributed by atoms with Crippen LogP contribution < -0.4 is 5.32 Å². The van der Waals surface area contributed by atoms with Crippen LogP contribution in [0.2, 0.25) is 0 Å². The van der Waals surface area contributed by atoms with E-state index >= 15 is 0 Å². The van der Waals surface area contributed by atoms with Gasteiger partial charge in [0.2, 0.25) is 0 Å². The molecule has 1 heterocycles. The van der Waals surface area contributed by atoms with Crippen LogP contribution in [0.15, 0.2) is 6.07 Å². The normalized spacial score (nSPS) is 11.0. The summed E-state index contributed by atoms with van der Waals surface area (Å²) in [5.41, 5.74) is 2.44. The number of hydrogen-bond donors (Lipinski definition) is 1. The van der Waals surface area contributed by atoms with Gasteiger partial charge in [-0.2, -0.15) is 5.10 Å². The summed E-state index contributed by atoms with van der Waals surface area (Å²) in [5, 5.41) is 7.89. The Labute approximate surface area is 110 Å². The van der Waals surface area contributed by atoms with Crippen LogP contribution in [0, 0.1) is 0 Å². The van der Waals surface area contributed by atoms with Crippen molar-refractivity contribution in [3.05, 3.63) is 17.5 Å². The first-order valence-corrected chi connectivity index (χ1v) is 7.09. The summed E-state index contributed by atoms with van der Waals surface area (Å²) in [6.07, 6.45) is 5.90. The molecule has 0 aliphatic heterocycles. The molecule has 3 nitrogen and oxygen atoms in total. The SMILES string of the molecule is CCc1cc(CNCCCCCCCl)n(C)n1. The quantitative estimate of drug-likeness (QED) is 0.545. The molecule has 0 saturated heterocycles. The van der Waals surface area contributed by atoms with Gasteiger partial charge in [-0.25, -0.2) is 0 Å². The monoisotopic (exact) mass is 257 g/mol. The number of halogens is 1. The molecule has 1 rings (SSSR count). The summed E-state index contributed by atoms with van der Waals surface area (Å²) < 4.78 is 1.97. The minimum absolute atomic E-state index is 0.794. The van der Waals surface area contributed by atoms with Gasteiger partial charge in [0.25, 0.3) is 0 Å². The Kier molecular flexibility index (Phi) is 7.29. The van der Waals surface area contributed by atoms with E-state index in [1.165, 1.54) is 30.7 Å². The van der Waals surface area contributed by atoms with Gasteiger partial charge >= 0.3 is 0 Å². The molecule has 0 unspecified atom stereocenters. The fraction of sp³-hybridized carbons (Fsp3) is 0.769. The lowest BCUT2D eigenvalue weighted by Gasteiger charge is -2.04. The van der Waals surface area contributed by atoms with Gasteiger partial charge < -0.3 is 5.32 Å². The third kappa shape index (κ3) is 5.55. The lowest BCUT2D eigenvalue weighted by molar-refractivity contribution is 0.577. The first kappa shape index (κ1) is 14.5. The van der Waals surface area contributed by atoms with Gasteiger partial charge in [-0.3, -0.25) is 4.68 Å². The molecule has 0 aromatic carbocycles. The Morgan fingerprint density at radius 2 is 2.06 bits per heavy atom. The fourth-order valence-electron chi connectivity index (χ4n) is 1.82. The van der Waals surface area contributed by atoms with Crippen LogP contribution in [-0.4, -0.2) is 22.2 Å². The number of nitrogens with one attached hydrogen (secondary N) is 1. The molecule has 0 radical (unpaired) electrons. The van der Waals surface area contributed by atoms with Crippen LogP contribution >= 0.6 is 11.6 Å². The average Bonchev–Trinajstić information content (AvgIpc) is 2.69. The van der Waals surface area contributed by atoms with Crippen molar-refractivity contribution in [2.75, 3.05) is 12.4 Å². The van der Waals surface area contributed by atoms with Crippen molar-refractivity contribution >= 4 is 11.6 Å². The molecule has 0 spiro atoms. The van der Waals surface area contributed by atoms with Gasteiger partial charge in [0.05, 0.1) is 11.4 Å². The third-order valence-corrected chi connectivity index (χ3v) is 3.20. The van der Waals surface area contributed by atoms with Gasteiger partial charge in [-0.15, -0.1) is 11.6 Å². The van der Waals surface area contributed by atoms with Crippen LogP contribution in [0.3, 0.4) is 0 Å². The minimum Gasteiger partial charge on any atom is -0.311 e. The highest BCUT2D eigenvalue weighted by Crippen LogP contribution is 2.04. The van der Waals surface area contributed by atoms with Gasteiger partial charge in [0, 0.05) is 19.5 Å². The molecule has 98 valence electrons. The summed E-state index contributed by atoms with van der Waals surface area (Å²) >= 11 is 5.63. The van der Waals surface area contributed by atoms with E-state index in [4.69, 9.17) is 11.6 Å². The summed E-state index contributed by atoms with van der Waals surface area (Å²) in [5.74, 6) is 0.794. The summed E-state index contributed by atoms with van der Waals surface area (Å²) in [6.45, 7) is 4.13. The maximum Gasteiger partial charge on any atom is 0.0625 e. The highest BCUT2D eigenvalue weighted by Gasteiger charge is 2.02. The van der Waals surface area contributed by atoms with Crippen molar-refractivity contribution < 1.29 is 0 Å². The zero-order valence-electron chi connectivity index (χ0n) is 11.0. The Morgan fingerprint density at radius 3 is 2.71 bits per heavy atom. The second kappa shape index (κ2) is 8.54. The number of alkyl halides is 1. The smallest absolute Gasteiger partial charge is 0.0625 e. The van der Waals surface area contributed by atoms with Crippen LogP contribution in [0.25, 0.3) is 0 Å². The van der Waals surface area contributed by atoms with Crippen LogP contribution in [0.4, 0.5) is 0 Å². The van der Waals surface area contributed by atoms with E-state index in [1.807, 2.05) is 11.7 Å². The summed E-state index contributed by atoms with van der Waals surface area (Å²) in [4.78, 5) is 0. The first-order chi connectivity index (χ1) is 8.27. The molecular formula is C13H24ClN3. The molecule has 17 heavy (non-hydrogen) atoms. The number of nitrogens with zero attached hydrogens (tertiary/aromatic N) is 2. The highest BCUT2D eigenvalue weighted by molar-refractivity contribution is 6.17. The molecule has 0 atom stereocenters. The predicted molar refractivity (Wildman–Crippen MR) is 73.5 cm³/mol. The Hall–Kier alpha value is -0.540. The molecule has 0 amide bonds. The van der Waals surface area contributed by atoms with E-state index in [2.05, 4.69) is 23.4 Å². The first-order valence-electron chi connectivity index (χ1n) is 6.56. The Bertz CT molecular complexity index is 310. The molecule has 1 N–H and O–H groups in total. The van der Waals surface area contributed by atoms with Crippen molar-refractivity contribution in [3.63, 3.8) is 0 Å². The van der Waals surface area contributed by atoms with Crippen LogP contribution in [0.5, 0.6) is 0 Å². The molecule has 0 bridgehead atoms. The fourth-order valence-corrected chi connectivity index (χ4v) is 2.01. The zero-order valence-corrected chi connectivity index (χ0v) is 11.8. The van der Waals surface area contributed by atoms with Gasteiger partial charge in [-0.1, -0.05) is 19.8 Å². The van der Waals surface area contributed by atoms with Crippen LogP contribution in [0.1, 0.15) is 44.0 Å². The summed E-state index contributed by atoms with van der Waals surface area (Å²) in [7, 11) is 2.01. The Balaban J connectivity index is 2.11. The molecule has 0 aliphatic carbocycles. The van der Waals surface area contributed by atoms with Crippen molar-refractivity contribution in [2.24, 2.45) is 7.05 Å². The average molecular weight is 258 g/mol. The maximum atomic E-state index is 5.63. The van der Waals surface area contributed by atoms with Crippen molar-refractivity contribution in [2.45, 2.75) is 45.6 Å². The summed E-state index contributed by atoms with van der Waals surface area (Å²) in [6, 6.07) is 2.18. The number of hydrogen-bond acceptors (Lipinski definition) is 2. The van der Waals surface area contributed by atoms with E-state index in [0.717, 1.165) is 31.8 Å². The topological polar surface area (TPSA) is 29.9 Å². The molecular weight excluding hydrogens is 234 g/mol. The minimum atomic E-state index is 0.794. The number of unbranched alkanes of at least 4 members (excludes halogenated alkanes) is 3. The second-order valence-electron chi connectivity index (χ2n) is 4.38. The van der Waals surface area contributed by atoms with Gasteiger partial charge in [0.1, 0.15) is 0 Å². The molecule has 0 saturated carbocycles. The predicted octanol–water partition coefficient (Wildman–Crippen LogP) is 2.87. The third-order valence-electron chi connectivity index (χ3n) is 2.93. The molecule has 1 aromatic rings. The van der Waals surface area contributed by atoms with E-state index in [-0.39, 0.29) is 0 Å². The van der Waals surface area contributed by atoms with Crippen LogP contribution in [-0.2, 0) is 20.0 Å². The number of rotatable bonds is 9.